The second kappa shape index (κ2) is 7.37. The molecule has 0 aliphatic heterocycles. The SMILES string of the molecule is CCNC(CC(C)CC)c1ccc(OC)cc1F. The summed E-state index contributed by atoms with van der Waals surface area (Å²) < 4.78 is 19.1. The highest BCUT2D eigenvalue weighted by Crippen LogP contribution is 2.27. The van der Waals surface area contributed by atoms with Gasteiger partial charge < -0.3 is 10.1 Å². The Morgan fingerprint density at radius 3 is 2.56 bits per heavy atom. The molecule has 2 atom stereocenters. The van der Waals surface area contributed by atoms with Crippen molar-refractivity contribution in [3.63, 3.8) is 0 Å². The maximum atomic E-state index is 14.0. The summed E-state index contributed by atoms with van der Waals surface area (Å²) in [6, 6.07) is 5.18. The molecule has 0 fully saturated rings. The van der Waals surface area contributed by atoms with Gasteiger partial charge in [0.05, 0.1) is 7.11 Å². The van der Waals surface area contributed by atoms with Crippen LogP contribution in [0.3, 0.4) is 0 Å². The van der Waals surface area contributed by atoms with Gasteiger partial charge in [-0.15, -0.1) is 0 Å². The monoisotopic (exact) mass is 253 g/mol. The van der Waals surface area contributed by atoms with Crippen molar-refractivity contribution in [3.05, 3.63) is 29.6 Å². The van der Waals surface area contributed by atoms with Crippen LogP contribution in [0.2, 0.25) is 0 Å². The zero-order chi connectivity index (χ0) is 13.5. The molecule has 0 aromatic heterocycles. The molecule has 0 aliphatic rings. The lowest BCUT2D eigenvalue weighted by Gasteiger charge is -2.22. The number of methoxy groups -OCH3 is 1. The smallest absolute Gasteiger partial charge is 0.131 e. The molecule has 0 radical (unpaired) electrons. The van der Waals surface area contributed by atoms with Gasteiger partial charge in [-0.3, -0.25) is 0 Å². The van der Waals surface area contributed by atoms with Crippen LogP contribution in [-0.2, 0) is 0 Å². The molecule has 1 rings (SSSR count). The van der Waals surface area contributed by atoms with Crippen LogP contribution < -0.4 is 10.1 Å². The number of ether oxygens (including phenoxy) is 1. The van der Waals surface area contributed by atoms with Crippen LogP contribution in [0.15, 0.2) is 18.2 Å². The van der Waals surface area contributed by atoms with E-state index < -0.39 is 0 Å². The fraction of sp³-hybridized carbons (Fsp3) is 0.600. The molecule has 18 heavy (non-hydrogen) atoms. The van der Waals surface area contributed by atoms with Crippen molar-refractivity contribution < 1.29 is 9.13 Å². The Bertz CT molecular complexity index is 368. The maximum absolute atomic E-state index is 14.0. The molecule has 0 saturated heterocycles. The summed E-state index contributed by atoms with van der Waals surface area (Å²) in [6.07, 6.45) is 2.06. The molecule has 3 heteroatoms. The van der Waals surface area contributed by atoms with Gasteiger partial charge in [-0.1, -0.05) is 33.3 Å². The van der Waals surface area contributed by atoms with Gasteiger partial charge in [0.15, 0.2) is 0 Å². The average molecular weight is 253 g/mol. The van der Waals surface area contributed by atoms with Crippen LogP contribution in [-0.4, -0.2) is 13.7 Å². The van der Waals surface area contributed by atoms with Gasteiger partial charge in [0.2, 0.25) is 0 Å². The minimum absolute atomic E-state index is 0.0795. The summed E-state index contributed by atoms with van der Waals surface area (Å²) in [5.41, 5.74) is 0.734. The lowest BCUT2D eigenvalue weighted by Crippen LogP contribution is -2.23. The van der Waals surface area contributed by atoms with Crippen LogP contribution in [0.1, 0.15) is 45.2 Å². The van der Waals surface area contributed by atoms with E-state index in [9.17, 15) is 4.39 Å². The van der Waals surface area contributed by atoms with Crippen molar-refractivity contribution in [2.24, 2.45) is 5.92 Å². The molecule has 1 N–H and O–H groups in total. The van der Waals surface area contributed by atoms with Crippen LogP contribution >= 0.6 is 0 Å². The van der Waals surface area contributed by atoms with E-state index in [-0.39, 0.29) is 11.9 Å². The number of nitrogens with one attached hydrogen (secondary N) is 1. The Kier molecular flexibility index (Phi) is 6.13. The lowest BCUT2D eigenvalue weighted by molar-refractivity contribution is 0.391. The van der Waals surface area contributed by atoms with Gasteiger partial charge in [-0.25, -0.2) is 4.39 Å². The lowest BCUT2D eigenvalue weighted by atomic mass is 9.94. The molecular formula is C15H24FNO. The van der Waals surface area contributed by atoms with Crippen LogP contribution in [0.5, 0.6) is 5.75 Å². The third kappa shape index (κ3) is 3.98. The highest BCUT2D eigenvalue weighted by atomic mass is 19.1. The van der Waals surface area contributed by atoms with E-state index in [1.54, 1.807) is 7.11 Å². The summed E-state index contributed by atoms with van der Waals surface area (Å²) in [7, 11) is 1.55. The molecule has 1 aromatic rings. The molecule has 1 aromatic carbocycles. The van der Waals surface area contributed by atoms with E-state index in [1.165, 1.54) is 6.07 Å². The number of hydrogen-bond donors (Lipinski definition) is 1. The molecule has 0 saturated carbocycles. The van der Waals surface area contributed by atoms with Gasteiger partial charge in [0.1, 0.15) is 11.6 Å². The number of halogens is 1. The summed E-state index contributed by atoms with van der Waals surface area (Å²) >= 11 is 0. The van der Waals surface area contributed by atoms with Crippen molar-refractivity contribution in [1.82, 2.24) is 5.32 Å². The van der Waals surface area contributed by atoms with Crippen molar-refractivity contribution in [3.8, 4) is 5.75 Å². The fourth-order valence-electron chi connectivity index (χ4n) is 2.05. The van der Waals surface area contributed by atoms with Gasteiger partial charge in [-0.2, -0.15) is 0 Å². The first-order valence-electron chi connectivity index (χ1n) is 6.69. The quantitative estimate of drug-likeness (QED) is 0.795. The Morgan fingerprint density at radius 1 is 1.33 bits per heavy atom. The minimum Gasteiger partial charge on any atom is -0.497 e. The largest absolute Gasteiger partial charge is 0.497 e. The Labute approximate surface area is 110 Å². The molecule has 102 valence electrons. The molecule has 0 heterocycles. The van der Waals surface area contributed by atoms with Gasteiger partial charge >= 0.3 is 0 Å². The molecule has 0 aliphatic carbocycles. The van der Waals surface area contributed by atoms with E-state index in [2.05, 4.69) is 19.2 Å². The normalized spacial score (nSPS) is 14.3. The number of benzene rings is 1. The third-order valence-electron chi connectivity index (χ3n) is 3.37. The number of hydrogen-bond acceptors (Lipinski definition) is 2. The Balaban J connectivity index is 2.90. The highest BCUT2D eigenvalue weighted by Gasteiger charge is 2.17. The standard InChI is InChI=1S/C15H24FNO/c1-5-11(3)9-15(17-6-2)13-8-7-12(18-4)10-14(13)16/h7-8,10-11,15,17H,5-6,9H2,1-4H3. The van der Waals surface area contributed by atoms with Crippen molar-refractivity contribution in [1.29, 1.82) is 0 Å². The molecule has 0 spiro atoms. The first-order valence-corrected chi connectivity index (χ1v) is 6.69. The van der Waals surface area contributed by atoms with Crippen molar-refractivity contribution in [2.45, 2.75) is 39.7 Å². The zero-order valence-electron chi connectivity index (χ0n) is 11.8. The molecule has 2 nitrogen and oxygen atoms in total. The molecule has 2 unspecified atom stereocenters. The van der Waals surface area contributed by atoms with Gasteiger partial charge in [0.25, 0.3) is 0 Å². The van der Waals surface area contributed by atoms with E-state index in [4.69, 9.17) is 4.74 Å². The number of rotatable bonds is 7. The summed E-state index contributed by atoms with van der Waals surface area (Å²) in [6.45, 7) is 7.25. The first kappa shape index (κ1) is 15.0. The van der Waals surface area contributed by atoms with E-state index in [0.29, 0.717) is 11.7 Å². The molecule has 0 amide bonds. The Morgan fingerprint density at radius 2 is 2.06 bits per heavy atom. The van der Waals surface area contributed by atoms with E-state index in [1.807, 2.05) is 19.1 Å². The topological polar surface area (TPSA) is 21.3 Å². The maximum Gasteiger partial charge on any atom is 0.131 e. The summed E-state index contributed by atoms with van der Waals surface area (Å²) in [5.74, 6) is 0.953. The predicted molar refractivity (Wildman–Crippen MR) is 73.4 cm³/mol. The molecular weight excluding hydrogens is 229 g/mol. The van der Waals surface area contributed by atoms with E-state index >= 15 is 0 Å². The minimum atomic E-state index is -0.191. The first-order chi connectivity index (χ1) is 8.62. The van der Waals surface area contributed by atoms with Crippen LogP contribution in [0.25, 0.3) is 0 Å². The third-order valence-corrected chi connectivity index (χ3v) is 3.37. The van der Waals surface area contributed by atoms with Crippen molar-refractivity contribution in [2.75, 3.05) is 13.7 Å². The second-order valence-corrected chi connectivity index (χ2v) is 4.75. The summed E-state index contributed by atoms with van der Waals surface area (Å²) in [4.78, 5) is 0. The van der Waals surface area contributed by atoms with Gasteiger partial charge in [0, 0.05) is 17.7 Å². The Hall–Kier alpha value is -1.09. The van der Waals surface area contributed by atoms with Crippen LogP contribution in [0.4, 0.5) is 4.39 Å². The van der Waals surface area contributed by atoms with Crippen LogP contribution in [0, 0.1) is 11.7 Å². The average Bonchev–Trinajstić information content (AvgIpc) is 2.38. The summed E-state index contributed by atoms with van der Waals surface area (Å²) in [5, 5.41) is 3.36. The molecule has 0 bridgehead atoms. The highest BCUT2D eigenvalue weighted by molar-refractivity contribution is 5.30. The second-order valence-electron chi connectivity index (χ2n) is 4.75. The zero-order valence-corrected chi connectivity index (χ0v) is 11.8. The fourth-order valence-corrected chi connectivity index (χ4v) is 2.05. The van der Waals surface area contributed by atoms with E-state index in [0.717, 1.165) is 24.9 Å². The van der Waals surface area contributed by atoms with Gasteiger partial charge in [-0.05, 0) is 24.9 Å². The predicted octanol–water partition coefficient (Wildman–Crippen LogP) is 3.92. The van der Waals surface area contributed by atoms with Crippen molar-refractivity contribution >= 4 is 0 Å².